The van der Waals surface area contributed by atoms with Crippen LogP contribution in [0.4, 0.5) is 13.2 Å². The minimum atomic E-state index is -4.50. The molecule has 0 aromatic heterocycles. The molecule has 1 fully saturated rings. The average molecular weight is 631 g/mol. The van der Waals surface area contributed by atoms with Crippen LogP contribution >= 0.6 is 0 Å². The van der Waals surface area contributed by atoms with Crippen molar-refractivity contribution < 1.29 is 39.6 Å². The molecular weight excluding hydrogens is 597 g/mol. The van der Waals surface area contributed by atoms with Gasteiger partial charge in [-0.1, -0.05) is 30.8 Å². The number of nitrogens with one attached hydrogen (secondary N) is 1. The van der Waals surface area contributed by atoms with E-state index in [-0.39, 0.29) is 55.9 Å². The van der Waals surface area contributed by atoms with Crippen LogP contribution in [0.25, 0.3) is 0 Å². The van der Waals surface area contributed by atoms with Gasteiger partial charge in [-0.3, -0.25) is 9.59 Å². The van der Waals surface area contributed by atoms with E-state index in [0.717, 1.165) is 17.5 Å². The average Bonchev–Trinajstić information content (AvgIpc) is 3.42. The van der Waals surface area contributed by atoms with Crippen molar-refractivity contribution in [3.05, 3.63) is 77.2 Å². The van der Waals surface area contributed by atoms with Crippen LogP contribution in [0.1, 0.15) is 23.1 Å². The first-order chi connectivity index (χ1) is 19.5. The molecule has 2 aromatic rings. The third-order valence-corrected chi connectivity index (χ3v) is 9.68. The summed E-state index contributed by atoms with van der Waals surface area (Å²) in [5.41, 5.74) is 0.0580. The molecule has 1 aliphatic rings. The number of sulfonamides is 2. The number of benzene rings is 2. The lowest BCUT2D eigenvalue weighted by atomic mass is 10.1. The Labute approximate surface area is 243 Å². The number of carbonyl (C=O) groups is 2. The molecule has 15 heteroatoms. The number of alkyl halides is 3. The maximum atomic E-state index is 13.2. The minimum absolute atomic E-state index is 0.00965. The molecule has 0 radical (unpaired) electrons. The fourth-order valence-electron chi connectivity index (χ4n) is 4.25. The first-order valence-corrected chi connectivity index (χ1v) is 15.9. The van der Waals surface area contributed by atoms with Crippen LogP contribution in [-0.4, -0.2) is 83.0 Å². The second-order valence-corrected chi connectivity index (χ2v) is 13.8. The summed E-state index contributed by atoms with van der Waals surface area (Å²) in [5, 5.41) is 0.789. The molecule has 42 heavy (non-hydrogen) atoms. The number of halogens is 3. The summed E-state index contributed by atoms with van der Waals surface area (Å²) in [4.78, 5) is 28.1. The topological polar surface area (TPSA) is 124 Å². The van der Waals surface area contributed by atoms with Crippen molar-refractivity contribution in [2.24, 2.45) is 5.92 Å². The highest BCUT2D eigenvalue weighted by molar-refractivity contribution is 7.92. The Hall–Kier alpha value is -3.27. The van der Waals surface area contributed by atoms with E-state index >= 15 is 0 Å². The minimum Gasteiger partial charge on any atom is -0.347 e. The highest BCUT2D eigenvalue weighted by Crippen LogP contribution is 2.29. The van der Waals surface area contributed by atoms with Gasteiger partial charge < -0.3 is 9.80 Å². The van der Waals surface area contributed by atoms with E-state index < -0.39 is 37.7 Å². The molecule has 1 atom stereocenters. The van der Waals surface area contributed by atoms with Gasteiger partial charge in [0.25, 0.3) is 0 Å². The van der Waals surface area contributed by atoms with E-state index in [2.05, 4.69) is 11.3 Å². The molecule has 1 heterocycles. The van der Waals surface area contributed by atoms with Crippen molar-refractivity contribution in [3.63, 3.8) is 0 Å². The van der Waals surface area contributed by atoms with Crippen molar-refractivity contribution in [2.75, 3.05) is 40.3 Å². The van der Waals surface area contributed by atoms with Gasteiger partial charge in [-0.15, -0.1) is 0 Å². The summed E-state index contributed by atoms with van der Waals surface area (Å²) in [6.45, 7) is 3.28. The number of likely N-dealkylation sites (N-methyl/N-ethyl adjacent to an activating group) is 1. The molecule has 1 saturated heterocycles. The molecule has 0 bridgehead atoms. The summed E-state index contributed by atoms with van der Waals surface area (Å²) < 4.78 is 91.8. The van der Waals surface area contributed by atoms with Crippen molar-refractivity contribution >= 4 is 31.9 Å². The smallest absolute Gasteiger partial charge is 0.347 e. The van der Waals surface area contributed by atoms with Crippen LogP contribution in [-0.2, 0) is 48.8 Å². The van der Waals surface area contributed by atoms with Crippen LogP contribution in [0, 0.1) is 5.92 Å². The molecule has 0 spiro atoms. The normalized spacial score (nSPS) is 16.3. The number of hydrogen-bond acceptors (Lipinski definition) is 6. The SMILES string of the molecule is C=CS(=O)(=O)NCC1CCN(S(=O)(=O)c2ccc(CC(=O)N(CC(=O)N(C)C)Cc3ccc(C(F)(F)F)cc3)cc2)C1. The number of nitrogens with zero attached hydrogens (tertiary/aromatic N) is 3. The summed E-state index contributed by atoms with van der Waals surface area (Å²) in [5.74, 6) is -1.05. The molecule has 10 nitrogen and oxygen atoms in total. The van der Waals surface area contributed by atoms with Crippen LogP contribution in [0.5, 0.6) is 0 Å². The van der Waals surface area contributed by atoms with Crippen LogP contribution in [0.15, 0.2) is 65.4 Å². The molecule has 1 unspecified atom stereocenters. The first-order valence-electron chi connectivity index (χ1n) is 12.9. The highest BCUT2D eigenvalue weighted by atomic mass is 32.2. The van der Waals surface area contributed by atoms with Gasteiger partial charge in [-0.25, -0.2) is 21.6 Å². The second kappa shape index (κ2) is 13.4. The van der Waals surface area contributed by atoms with Crippen LogP contribution < -0.4 is 4.72 Å². The summed E-state index contributed by atoms with van der Waals surface area (Å²) in [6, 6.07) is 10.0. The standard InChI is InChI=1S/C27H33F3N4O6S2/c1-4-41(37,38)31-16-22-13-14-34(18-22)42(39,40)24-11-7-20(8-12-24)15-25(35)33(19-26(36)32(2)3)17-21-5-9-23(10-6-21)27(28,29)30/h4-12,22,31H,1,13-19H2,2-3H3. The second-order valence-electron chi connectivity index (χ2n) is 10.1. The lowest BCUT2D eigenvalue weighted by molar-refractivity contribution is -0.139. The Bertz CT molecular complexity index is 1490. The lowest BCUT2D eigenvalue weighted by Gasteiger charge is -2.24. The maximum absolute atomic E-state index is 13.2. The largest absolute Gasteiger partial charge is 0.416 e. The predicted octanol–water partition coefficient (Wildman–Crippen LogP) is 2.44. The third-order valence-electron chi connectivity index (χ3n) is 6.79. The molecule has 2 aromatic carbocycles. The highest BCUT2D eigenvalue weighted by Gasteiger charge is 2.33. The third kappa shape index (κ3) is 8.86. The van der Waals surface area contributed by atoms with E-state index in [1.165, 1.54) is 64.6 Å². The van der Waals surface area contributed by atoms with Crippen LogP contribution in [0.3, 0.4) is 0 Å². The molecule has 230 valence electrons. The van der Waals surface area contributed by atoms with Crippen molar-refractivity contribution in [1.29, 1.82) is 0 Å². The molecule has 0 aliphatic carbocycles. The lowest BCUT2D eigenvalue weighted by Crippen LogP contribution is -2.40. The fraction of sp³-hybridized carbons (Fsp3) is 0.407. The molecule has 2 amide bonds. The Morgan fingerprint density at radius 1 is 1.00 bits per heavy atom. The zero-order valence-electron chi connectivity index (χ0n) is 23.2. The van der Waals surface area contributed by atoms with Gasteiger partial charge in [0.05, 0.1) is 16.9 Å². The van der Waals surface area contributed by atoms with Gasteiger partial charge in [0.1, 0.15) is 6.54 Å². The van der Waals surface area contributed by atoms with Crippen molar-refractivity contribution in [2.45, 2.75) is 30.5 Å². The number of hydrogen-bond donors (Lipinski definition) is 1. The van der Waals surface area contributed by atoms with E-state index in [9.17, 15) is 39.6 Å². The Kier molecular flexibility index (Phi) is 10.6. The Morgan fingerprint density at radius 2 is 1.60 bits per heavy atom. The van der Waals surface area contributed by atoms with E-state index in [4.69, 9.17) is 0 Å². The van der Waals surface area contributed by atoms with Gasteiger partial charge in [-0.05, 0) is 47.7 Å². The molecule has 3 rings (SSSR count). The number of amides is 2. The van der Waals surface area contributed by atoms with E-state index in [1.54, 1.807) is 0 Å². The molecular formula is C27H33F3N4O6S2. The van der Waals surface area contributed by atoms with Crippen molar-refractivity contribution in [3.8, 4) is 0 Å². The van der Waals surface area contributed by atoms with Gasteiger partial charge in [0.15, 0.2) is 0 Å². The van der Waals surface area contributed by atoms with E-state index in [0.29, 0.717) is 17.5 Å². The van der Waals surface area contributed by atoms with Gasteiger partial charge >= 0.3 is 6.18 Å². The van der Waals surface area contributed by atoms with Gasteiger partial charge in [-0.2, -0.15) is 17.5 Å². The summed E-state index contributed by atoms with van der Waals surface area (Å²) in [6.07, 6.45) is -4.19. The van der Waals surface area contributed by atoms with E-state index in [1.807, 2.05) is 0 Å². The molecule has 1 aliphatic heterocycles. The van der Waals surface area contributed by atoms with Crippen LogP contribution in [0.2, 0.25) is 0 Å². The van der Waals surface area contributed by atoms with Gasteiger partial charge in [0, 0.05) is 45.7 Å². The zero-order valence-corrected chi connectivity index (χ0v) is 24.8. The summed E-state index contributed by atoms with van der Waals surface area (Å²) in [7, 11) is -4.44. The predicted molar refractivity (Wildman–Crippen MR) is 150 cm³/mol. The maximum Gasteiger partial charge on any atom is 0.416 e. The Morgan fingerprint density at radius 3 is 2.14 bits per heavy atom. The fourth-order valence-corrected chi connectivity index (χ4v) is 6.36. The monoisotopic (exact) mass is 630 g/mol. The zero-order chi connectivity index (χ0) is 31.3. The number of rotatable bonds is 12. The molecule has 0 saturated carbocycles. The quantitative estimate of drug-likeness (QED) is 0.384. The summed E-state index contributed by atoms with van der Waals surface area (Å²) >= 11 is 0. The Balaban J connectivity index is 1.68. The van der Waals surface area contributed by atoms with Gasteiger partial charge in [0.2, 0.25) is 31.9 Å². The van der Waals surface area contributed by atoms with Crippen molar-refractivity contribution in [1.82, 2.24) is 18.8 Å². The number of carbonyl (C=O) groups excluding carboxylic acids is 2. The first kappa shape index (κ1) is 33.2. The molecule has 1 N–H and O–H groups in total.